The van der Waals surface area contributed by atoms with E-state index in [9.17, 15) is 34.8 Å². The van der Waals surface area contributed by atoms with Crippen LogP contribution in [0.4, 0.5) is 0 Å². The molecule has 0 spiro atoms. The summed E-state index contributed by atoms with van der Waals surface area (Å²) in [6.45, 7) is 3.95. The number of phenols is 1. The highest BCUT2D eigenvalue weighted by atomic mass is 16.3. The Hall–Kier alpha value is -3.96. The van der Waals surface area contributed by atoms with Gasteiger partial charge >= 0.3 is 0 Å². The number of ketones is 2. The number of primary amides is 1. The van der Waals surface area contributed by atoms with Gasteiger partial charge in [-0.25, -0.2) is 0 Å². The Balaban J connectivity index is 1.70. The standard InChI is InChI=1S/C25H26N4O7/c1-9(2)29-6-5-14(28-29)11-3-4-15(30)17-12(11)7-10-8-13-19(26)21(32)18(24(27)35)23(34)25(13,36)22(33)16(10)20(17)31/h3-6,9-10,13,19,30-31,34,36H,7-8,26H2,1-2H3,(H2,27,35)/t10-,13-,19+,25-/m0/s1. The molecule has 2 aromatic rings. The predicted molar refractivity (Wildman–Crippen MR) is 126 cm³/mol. The largest absolute Gasteiger partial charge is 0.508 e. The van der Waals surface area contributed by atoms with Crippen molar-refractivity contribution in [2.45, 2.75) is 44.4 Å². The first kappa shape index (κ1) is 23.8. The summed E-state index contributed by atoms with van der Waals surface area (Å²) in [5, 5.41) is 48.5. The average molecular weight is 495 g/mol. The molecule has 3 aliphatic rings. The van der Waals surface area contributed by atoms with Crippen LogP contribution in [0.1, 0.15) is 37.4 Å². The number of carbonyl (C=O) groups is 3. The number of aromatic hydroxyl groups is 1. The summed E-state index contributed by atoms with van der Waals surface area (Å²) in [7, 11) is 0. The average Bonchev–Trinajstić information content (AvgIpc) is 3.30. The first-order chi connectivity index (χ1) is 16.9. The normalized spacial score (nSPS) is 27.8. The van der Waals surface area contributed by atoms with Crippen LogP contribution in [0, 0.1) is 11.8 Å². The topological polar surface area (TPSA) is 202 Å². The number of benzene rings is 1. The van der Waals surface area contributed by atoms with Crippen molar-refractivity contribution in [3.05, 3.63) is 52.4 Å². The molecule has 4 atom stereocenters. The number of rotatable bonds is 3. The molecular weight excluding hydrogens is 468 g/mol. The molecule has 11 nitrogen and oxygen atoms in total. The summed E-state index contributed by atoms with van der Waals surface area (Å²) >= 11 is 0. The second-order valence-electron chi connectivity index (χ2n) is 9.84. The van der Waals surface area contributed by atoms with E-state index in [0.717, 1.165) is 0 Å². The lowest BCUT2D eigenvalue weighted by Gasteiger charge is -2.48. The van der Waals surface area contributed by atoms with E-state index >= 15 is 0 Å². The third-order valence-electron chi connectivity index (χ3n) is 7.55. The molecule has 188 valence electrons. The molecule has 1 aromatic heterocycles. The Labute approximate surface area is 205 Å². The summed E-state index contributed by atoms with van der Waals surface area (Å²) in [4.78, 5) is 38.1. The van der Waals surface area contributed by atoms with Crippen molar-refractivity contribution in [3.8, 4) is 17.0 Å². The molecule has 0 bridgehead atoms. The molecule has 0 unspecified atom stereocenters. The maximum absolute atomic E-state index is 13.6. The summed E-state index contributed by atoms with van der Waals surface area (Å²) in [5.41, 5.74) is 9.19. The maximum Gasteiger partial charge on any atom is 0.255 e. The van der Waals surface area contributed by atoms with E-state index in [-0.39, 0.29) is 35.8 Å². The third-order valence-corrected chi connectivity index (χ3v) is 7.55. The highest BCUT2D eigenvalue weighted by molar-refractivity contribution is 6.24. The zero-order valence-electron chi connectivity index (χ0n) is 19.6. The lowest BCUT2D eigenvalue weighted by Crippen LogP contribution is -2.65. The number of nitrogens with two attached hydrogens (primary N) is 2. The molecule has 5 rings (SSSR count). The van der Waals surface area contributed by atoms with Gasteiger partial charge in [0.15, 0.2) is 11.4 Å². The number of fused-ring (bicyclic) bond motifs is 3. The molecule has 36 heavy (non-hydrogen) atoms. The number of phenolic OH excluding ortho intramolecular Hbond substituents is 1. The van der Waals surface area contributed by atoms with Gasteiger partial charge in [-0.2, -0.15) is 5.10 Å². The van der Waals surface area contributed by atoms with Crippen molar-refractivity contribution in [1.29, 1.82) is 0 Å². The van der Waals surface area contributed by atoms with Crippen LogP contribution in [0.15, 0.2) is 41.3 Å². The van der Waals surface area contributed by atoms with Gasteiger partial charge in [0.25, 0.3) is 5.91 Å². The van der Waals surface area contributed by atoms with Crippen LogP contribution in [0.3, 0.4) is 0 Å². The molecule has 1 aromatic carbocycles. The quantitative estimate of drug-likeness (QED) is 0.334. The molecule has 1 fully saturated rings. The van der Waals surface area contributed by atoms with Gasteiger partial charge in [-0.1, -0.05) is 0 Å². The van der Waals surface area contributed by atoms with E-state index in [2.05, 4.69) is 5.10 Å². The molecular formula is C25H26N4O7. The number of nitrogens with zero attached hydrogens (tertiary/aromatic N) is 2. The minimum absolute atomic E-state index is 0.0167. The fourth-order valence-electron chi connectivity index (χ4n) is 5.73. The summed E-state index contributed by atoms with van der Waals surface area (Å²) < 4.78 is 1.76. The first-order valence-corrected chi connectivity index (χ1v) is 11.5. The van der Waals surface area contributed by atoms with E-state index in [1.54, 1.807) is 16.8 Å². The first-order valence-electron chi connectivity index (χ1n) is 11.5. The van der Waals surface area contributed by atoms with Gasteiger partial charge in [-0.05, 0) is 56.4 Å². The van der Waals surface area contributed by atoms with E-state index in [0.29, 0.717) is 16.8 Å². The Morgan fingerprint density at radius 3 is 2.50 bits per heavy atom. The van der Waals surface area contributed by atoms with E-state index in [1.807, 2.05) is 20.0 Å². The lowest BCUT2D eigenvalue weighted by molar-refractivity contribution is -0.149. The number of aromatic nitrogens is 2. The van der Waals surface area contributed by atoms with Crippen LogP contribution in [0.2, 0.25) is 0 Å². The second kappa shape index (κ2) is 7.77. The predicted octanol–water partition coefficient (Wildman–Crippen LogP) is 0.805. The minimum Gasteiger partial charge on any atom is -0.508 e. The highest BCUT2D eigenvalue weighted by Crippen LogP contribution is 2.52. The Morgan fingerprint density at radius 1 is 1.19 bits per heavy atom. The van der Waals surface area contributed by atoms with Crippen LogP contribution < -0.4 is 11.5 Å². The van der Waals surface area contributed by atoms with Crippen molar-refractivity contribution in [1.82, 2.24) is 9.78 Å². The molecule has 1 heterocycles. The maximum atomic E-state index is 13.6. The fraction of sp³-hybridized carbons (Fsp3) is 0.360. The van der Waals surface area contributed by atoms with Gasteiger partial charge in [-0.15, -0.1) is 0 Å². The number of carbonyl (C=O) groups excluding carboxylic acids is 3. The van der Waals surface area contributed by atoms with E-state index < -0.39 is 58.0 Å². The summed E-state index contributed by atoms with van der Waals surface area (Å²) in [5.74, 6) is -7.35. The zero-order valence-corrected chi connectivity index (χ0v) is 19.6. The lowest BCUT2D eigenvalue weighted by atomic mass is 9.57. The van der Waals surface area contributed by atoms with Gasteiger partial charge in [0.05, 0.1) is 17.3 Å². The van der Waals surface area contributed by atoms with Crippen molar-refractivity contribution in [3.63, 3.8) is 0 Å². The third kappa shape index (κ3) is 2.99. The van der Waals surface area contributed by atoms with Gasteiger partial charge in [0.2, 0.25) is 5.78 Å². The smallest absolute Gasteiger partial charge is 0.255 e. The molecule has 0 aliphatic heterocycles. The molecule has 8 N–H and O–H groups in total. The van der Waals surface area contributed by atoms with E-state index in [1.165, 1.54) is 6.07 Å². The van der Waals surface area contributed by atoms with Gasteiger partial charge < -0.3 is 31.9 Å². The molecule has 3 aliphatic carbocycles. The Kier molecular flexibility index (Phi) is 5.13. The Morgan fingerprint density at radius 2 is 1.89 bits per heavy atom. The molecule has 1 saturated carbocycles. The van der Waals surface area contributed by atoms with Crippen LogP contribution in [-0.2, 0) is 20.8 Å². The highest BCUT2D eigenvalue weighted by Gasteiger charge is 2.63. The fourth-order valence-corrected chi connectivity index (χ4v) is 5.73. The number of hydrogen-bond acceptors (Lipinski definition) is 9. The van der Waals surface area contributed by atoms with Crippen LogP contribution in [0.5, 0.6) is 5.75 Å². The number of Topliss-reactive ketones (excluding diaryl/α,β-unsaturated/α-hetero) is 2. The van der Waals surface area contributed by atoms with Gasteiger partial charge in [-0.3, -0.25) is 19.1 Å². The SMILES string of the molecule is CC(C)n1ccc(-c2ccc(O)c3c2C[C@H]2C[C@H]4[C@@H](N)C(=O)C(C(N)=O)=C(O)[C@@]4(O)C(=O)C2=C3O)n1. The van der Waals surface area contributed by atoms with Gasteiger partial charge in [0.1, 0.15) is 22.8 Å². The number of aliphatic hydroxyl groups is 3. The van der Waals surface area contributed by atoms with Crippen LogP contribution in [0.25, 0.3) is 17.0 Å². The van der Waals surface area contributed by atoms with Crippen molar-refractivity contribution in [2.24, 2.45) is 23.3 Å². The number of amides is 1. The molecule has 11 heteroatoms. The van der Waals surface area contributed by atoms with Gasteiger partial charge in [0, 0.05) is 29.3 Å². The van der Waals surface area contributed by atoms with Crippen molar-refractivity contribution in [2.75, 3.05) is 0 Å². The Bertz CT molecular complexity index is 1420. The molecule has 0 saturated heterocycles. The zero-order chi connectivity index (χ0) is 26.3. The van der Waals surface area contributed by atoms with Crippen LogP contribution >= 0.6 is 0 Å². The molecule has 0 radical (unpaired) electrons. The monoisotopic (exact) mass is 494 g/mol. The number of aliphatic hydroxyl groups excluding tert-OH is 2. The summed E-state index contributed by atoms with van der Waals surface area (Å²) in [6.07, 6.45) is 1.92. The van der Waals surface area contributed by atoms with Crippen LogP contribution in [-0.4, -0.2) is 59.3 Å². The molecule has 1 amide bonds. The van der Waals surface area contributed by atoms with E-state index in [4.69, 9.17) is 11.5 Å². The van der Waals surface area contributed by atoms with Crippen molar-refractivity contribution >= 4 is 23.2 Å². The van der Waals surface area contributed by atoms with Crippen molar-refractivity contribution < 1.29 is 34.8 Å². The number of hydrogen-bond donors (Lipinski definition) is 6. The second-order valence-corrected chi connectivity index (χ2v) is 9.84. The minimum atomic E-state index is -2.72. The summed E-state index contributed by atoms with van der Waals surface area (Å²) in [6, 6.07) is 3.48.